The number of nitrogens with zero attached hydrogens (tertiary/aromatic N) is 1. The molecule has 2 N–H and O–H groups in total. The summed E-state index contributed by atoms with van der Waals surface area (Å²) in [4.78, 5) is 36.2. The van der Waals surface area contributed by atoms with Gasteiger partial charge in [0.25, 0.3) is 5.91 Å². The molecule has 0 bridgehead atoms. The number of alkyl halides is 2. The van der Waals surface area contributed by atoms with Gasteiger partial charge in [0.15, 0.2) is 0 Å². The van der Waals surface area contributed by atoms with E-state index in [1.54, 1.807) is 30.3 Å². The Morgan fingerprint density at radius 3 is 2.50 bits per heavy atom. The average Bonchev–Trinajstić information content (AvgIpc) is 2.74. The zero-order valence-electron chi connectivity index (χ0n) is 16.2. The van der Waals surface area contributed by atoms with Crippen LogP contribution in [0.5, 0.6) is 5.75 Å². The molecule has 7 nitrogen and oxygen atoms in total. The van der Waals surface area contributed by atoms with Gasteiger partial charge < -0.3 is 10.1 Å². The molecular weight excluding hydrogens is 396 g/mol. The topological polar surface area (TPSA) is 87.7 Å². The van der Waals surface area contributed by atoms with Crippen LogP contribution in [0.25, 0.3) is 0 Å². The number of halogens is 2. The van der Waals surface area contributed by atoms with E-state index in [9.17, 15) is 23.2 Å². The number of benzene rings is 2. The first kappa shape index (κ1) is 21.2. The van der Waals surface area contributed by atoms with Crippen molar-refractivity contribution in [2.24, 2.45) is 0 Å². The molecule has 0 aromatic heterocycles. The first-order valence-electron chi connectivity index (χ1n) is 9.46. The molecule has 1 unspecified atom stereocenters. The van der Waals surface area contributed by atoms with Crippen molar-refractivity contribution < 1.29 is 27.9 Å². The zero-order chi connectivity index (χ0) is 21.7. The van der Waals surface area contributed by atoms with Crippen molar-refractivity contribution >= 4 is 23.4 Å². The van der Waals surface area contributed by atoms with E-state index in [2.05, 4.69) is 15.5 Å². The Labute approximate surface area is 172 Å². The summed E-state index contributed by atoms with van der Waals surface area (Å²) in [6.45, 7) is -1.15. The molecule has 3 rings (SSSR count). The number of amides is 3. The standard InChI is InChI=1S/C21H21F2N3O4/c1-2-16(15-5-3-4-6-17(15)30-21(22)23)24-20(29)13-7-9-14(10-8-13)26-19(28)12-11-18(27)25-26/h3-10,16,21H,2,11-12H2,1H3,(H,24,29)(H,25,27). The van der Waals surface area contributed by atoms with Gasteiger partial charge >= 0.3 is 6.61 Å². The van der Waals surface area contributed by atoms with Crippen LogP contribution in [0.15, 0.2) is 48.5 Å². The Hall–Kier alpha value is -3.49. The van der Waals surface area contributed by atoms with Crippen molar-refractivity contribution in [3.8, 4) is 5.75 Å². The van der Waals surface area contributed by atoms with Gasteiger partial charge in [-0.15, -0.1) is 0 Å². The largest absolute Gasteiger partial charge is 0.434 e. The number of hydrogen-bond acceptors (Lipinski definition) is 4. The molecule has 2 aromatic rings. The lowest BCUT2D eigenvalue weighted by Crippen LogP contribution is -2.50. The van der Waals surface area contributed by atoms with Crippen molar-refractivity contribution in [3.05, 3.63) is 59.7 Å². The third-order valence-electron chi connectivity index (χ3n) is 4.66. The summed E-state index contributed by atoms with van der Waals surface area (Å²) >= 11 is 0. The molecule has 1 fully saturated rings. The summed E-state index contributed by atoms with van der Waals surface area (Å²) in [5.41, 5.74) is 3.69. The molecule has 1 atom stereocenters. The van der Waals surface area contributed by atoms with Crippen LogP contribution in [0.3, 0.4) is 0 Å². The number of nitrogens with one attached hydrogen (secondary N) is 2. The van der Waals surface area contributed by atoms with Crippen molar-refractivity contribution in [1.29, 1.82) is 0 Å². The maximum absolute atomic E-state index is 12.7. The molecule has 0 radical (unpaired) electrons. The maximum atomic E-state index is 12.7. The fourth-order valence-electron chi connectivity index (χ4n) is 3.16. The van der Waals surface area contributed by atoms with Crippen LogP contribution in [0.4, 0.5) is 14.5 Å². The van der Waals surface area contributed by atoms with Crippen LogP contribution >= 0.6 is 0 Å². The van der Waals surface area contributed by atoms with Gasteiger partial charge in [0.05, 0.1) is 11.7 Å². The van der Waals surface area contributed by atoms with Crippen LogP contribution in [0.1, 0.15) is 48.1 Å². The first-order valence-corrected chi connectivity index (χ1v) is 9.46. The lowest BCUT2D eigenvalue weighted by Gasteiger charge is -2.27. The number of carbonyl (C=O) groups is 3. The summed E-state index contributed by atoms with van der Waals surface area (Å²) < 4.78 is 29.9. The fourth-order valence-corrected chi connectivity index (χ4v) is 3.16. The van der Waals surface area contributed by atoms with Crippen molar-refractivity contribution in [3.63, 3.8) is 0 Å². The summed E-state index contributed by atoms with van der Waals surface area (Å²) in [7, 11) is 0. The number of ether oxygens (including phenoxy) is 1. The SMILES string of the molecule is CCC(NC(=O)c1ccc(N2NC(=O)CCC2=O)cc1)c1ccccc1OC(F)F. The predicted octanol–water partition coefficient (Wildman–Crippen LogP) is 3.33. The number of hydrazine groups is 1. The fraction of sp³-hybridized carbons (Fsp3) is 0.286. The summed E-state index contributed by atoms with van der Waals surface area (Å²) in [6, 6.07) is 11.9. The number of hydrogen-bond donors (Lipinski definition) is 2. The van der Waals surface area contributed by atoms with E-state index in [4.69, 9.17) is 0 Å². The van der Waals surface area contributed by atoms with E-state index in [1.807, 2.05) is 6.92 Å². The van der Waals surface area contributed by atoms with Gasteiger partial charge in [0.2, 0.25) is 11.8 Å². The minimum atomic E-state index is -2.97. The lowest BCUT2D eigenvalue weighted by atomic mass is 10.0. The number of para-hydroxylation sites is 1. The normalized spacial score (nSPS) is 15.0. The van der Waals surface area contributed by atoms with Crippen LogP contribution in [-0.4, -0.2) is 24.3 Å². The van der Waals surface area contributed by atoms with E-state index in [0.29, 0.717) is 23.2 Å². The Bertz CT molecular complexity index is 934. The van der Waals surface area contributed by atoms with E-state index < -0.39 is 18.6 Å². The molecular formula is C21H21F2N3O4. The van der Waals surface area contributed by atoms with Crippen LogP contribution in [0.2, 0.25) is 0 Å². The second-order valence-corrected chi connectivity index (χ2v) is 6.66. The minimum absolute atomic E-state index is 0.00866. The van der Waals surface area contributed by atoms with Crippen LogP contribution in [0, 0.1) is 0 Å². The predicted molar refractivity (Wildman–Crippen MR) is 105 cm³/mol. The molecule has 158 valence electrons. The second-order valence-electron chi connectivity index (χ2n) is 6.66. The average molecular weight is 417 g/mol. The van der Waals surface area contributed by atoms with Crippen LogP contribution in [-0.2, 0) is 9.59 Å². The molecule has 2 aromatic carbocycles. The minimum Gasteiger partial charge on any atom is -0.434 e. The molecule has 0 aliphatic carbocycles. The summed E-state index contributed by atoms with van der Waals surface area (Å²) in [6.07, 6.45) is 0.721. The Morgan fingerprint density at radius 2 is 1.83 bits per heavy atom. The van der Waals surface area contributed by atoms with E-state index in [1.165, 1.54) is 18.2 Å². The van der Waals surface area contributed by atoms with E-state index in [-0.39, 0.29) is 30.4 Å². The Kier molecular flexibility index (Phi) is 6.61. The highest BCUT2D eigenvalue weighted by molar-refractivity contribution is 6.01. The molecule has 0 spiro atoms. The van der Waals surface area contributed by atoms with Gasteiger partial charge in [0.1, 0.15) is 5.75 Å². The Morgan fingerprint density at radius 1 is 1.13 bits per heavy atom. The molecule has 1 heterocycles. The second kappa shape index (κ2) is 9.34. The highest BCUT2D eigenvalue weighted by Gasteiger charge is 2.25. The molecule has 9 heteroatoms. The van der Waals surface area contributed by atoms with Crippen molar-refractivity contribution in [1.82, 2.24) is 10.7 Å². The molecule has 1 aliphatic rings. The van der Waals surface area contributed by atoms with Crippen molar-refractivity contribution in [2.75, 3.05) is 5.01 Å². The monoisotopic (exact) mass is 417 g/mol. The molecule has 1 aliphatic heterocycles. The zero-order valence-corrected chi connectivity index (χ0v) is 16.2. The van der Waals surface area contributed by atoms with E-state index in [0.717, 1.165) is 5.01 Å². The summed E-state index contributed by atoms with van der Waals surface area (Å²) in [5.74, 6) is -0.899. The third kappa shape index (κ3) is 4.91. The van der Waals surface area contributed by atoms with Gasteiger partial charge in [-0.2, -0.15) is 8.78 Å². The highest BCUT2D eigenvalue weighted by Crippen LogP contribution is 2.29. The smallest absolute Gasteiger partial charge is 0.387 e. The molecule has 30 heavy (non-hydrogen) atoms. The first-order chi connectivity index (χ1) is 14.4. The van der Waals surface area contributed by atoms with Gasteiger partial charge in [-0.3, -0.25) is 19.8 Å². The summed E-state index contributed by atoms with van der Waals surface area (Å²) in [5, 5.41) is 3.97. The highest BCUT2D eigenvalue weighted by atomic mass is 19.3. The van der Waals surface area contributed by atoms with Gasteiger partial charge in [-0.25, -0.2) is 5.01 Å². The van der Waals surface area contributed by atoms with Gasteiger partial charge in [-0.1, -0.05) is 25.1 Å². The number of rotatable bonds is 7. The molecule has 0 saturated carbocycles. The molecule has 3 amide bonds. The van der Waals surface area contributed by atoms with E-state index >= 15 is 0 Å². The lowest BCUT2D eigenvalue weighted by molar-refractivity contribution is -0.130. The van der Waals surface area contributed by atoms with Gasteiger partial charge in [0, 0.05) is 24.0 Å². The third-order valence-corrected chi connectivity index (χ3v) is 4.66. The van der Waals surface area contributed by atoms with Crippen LogP contribution < -0.4 is 20.5 Å². The van der Waals surface area contributed by atoms with Crippen molar-refractivity contribution in [2.45, 2.75) is 38.8 Å². The quantitative estimate of drug-likeness (QED) is 0.724. The number of carbonyl (C=O) groups excluding carboxylic acids is 3. The van der Waals surface area contributed by atoms with Gasteiger partial charge in [-0.05, 0) is 36.8 Å². The molecule has 1 saturated heterocycles. The number of anilines is 1. The maximum Gasteiger partial charge on any atom is 0.387 e. The Balaban J connectivity index is 1.74.